The lowest BCUT2D eigenvalue weighted by atomic mass is 10.2. The predicted octanol–water partition coefficient (Wildman–Crippen LogP) is 2.72. The van der Waals surface area contributed by atoms with E-state index in [9.17, 15) is 0 Å². The van der Waals surface area contributed by atoms with Crippen molar-refractivity contribution in [3.63, 3.8) is 0 Å². The molecule has 128 valence electrons. The molecule has 0 radical (unpaired) electrons. The molecule has 3 rings (SSSR count). The van der Waals surface area contributed by atoms with Crippen molar-refractivity contribution in [2.45, 2.75) is 26.7 Å². The third-order valence-corrected chi connectivity index (χ3v) is 4.31. The van der Waals surface area contributed by atoms with Crippen molar-refractivity contribution in [3.8, 4) is 0 Å². The molecule has 6 heteroatoms. The first kappa shape index (κ1) is 16.5. The van der Waals surface area contributed by atoms with Crippen LogP contribution in [0.5, 0.6) is 0 Å². The first-order valence-electron chi connectivity index (χ1n) is 8.76. The number of nitrogens with zero attached hydrogens (tertiary/aromatic N) is 5. The number of piperazine rings is 1. The van der Waals surface area contributed by atoms with Crippen LogP contribution in [0.25, 0.3) is 0 Å². The fourth-order valence-corrected chi connectivity index (χ4v) is 2.90. The van der Waals surface area contributed by atoms with Crippen LogP contribution in [0.3, 0.4) is 0 Å². The summed E-state index contributed by atoms with van der Waals surface area (Å²) in [5, 5.41) is 11.6. The molecule has 1 saturated heterocycles. The third-order valence-electron chi connectivity index (χ3n) is 4.31. The number of hydrogen-bond acceptors (Lipinski definition) is 6. The van der Waals surface area contributed by atoms with Gasteiger partial charge in [-0.05, 0) is 31.0 Å². The minimum absolute atomic E-state index is 0.723. The average Bonchev–Trinajstić information content (AvgIpc) is 2.62. The summed E-state index contributed by atoms with van der Waals surface area (Å²) in [5.74, 6) is 1.54. The molecule has 1 fully saturated rings. The normalized spacial score (nSPS) is 14.8. The van der Waals surface area contributed by atoms with Gasteiger partial charge in [0.15, 0.2) is 5.82 Å². The number of anilines is 3. The topological polar surface area (TPSA) is 57.2 Å². The second-order valence-electron chi connectivity index (χ2n) is 6.24. The van der Waals surface area contributed by atoms with E-state index in [-0.39, 0.29) is 0 Å². The molecule has 1 aromatic heterocycles. The summed E-state index contributed by atoms with van der Waals surface area (Å²) < 4.78 is 0. The monoisotopic (exact) mass is 326 g/mol. The summed E-state index contributed by atoms with van der Waals surface area (Å²) in [5.41, 5.74) is 2.59. The van der Waals surface area contributed by atoms with Crippen LogP contribution in [-0.2, 0) is 0 Å². The molecule has 24 heavy (non-hydrogen) atoms. The van der Waals surface area contributed by atoms with Gasteiger partial charge in [0.1, 0.15) is 0 Å². The predicted molar refractivity (Wildman–Crippen MR) is 98.8 cm³/mol. The zero-order valence-corrected chi connectivity index (χ0v) is 14.6. The minimum Gasteiger partial charge on any atom is -0.369 e. The van der Waals surface area contributed by atoms with Crippen LogP contribution >= 0.6 is 0 Å². The van der Waals surface area contributed by atoms with Gasteiger partial charge in [-0.1, -0.05) is 25.5 Å². The van der Waals surface area contributed by atoms with E-state index in [1.165, 1.54) is 17.7 Å². The third kappa shape index (κ3) is 4.13. The summed E-state index contributed by atoms with van der Waals surface area (Å²) in [4.78, 5) is 9.23. The number of aromatic nitrogens is 3. The van der Waals surface area contributed by atoms with Crippen molar-refractivity contribution in [2.24, 2.45) is 0 Å². The van der Waals surface area contributed by atoms with Gasteiger partial charge >= 0.3 is 0 Å². The second-order valence-corrected chi connectivity index (χ2v) is 6.24. The van der Waals surface area contributed by atoms with E-state index in [0.717, 1.165) is 50.9 Å². The molecule has 2 aromatic rings. The Balaban J connectivity index is 1.59. The van der Waals surface area contributed by atoms with Gasteiger partial charge in [-0.2, -0.15) is 10.1 Å². The van der Waals surface area contributed by atoms with Crippen LogP contribution in [0.4, 0.5) is 17.5 Å². The number of rotatable bonds is 6. The van der Waals surface area contributed by atoms with Crippen molar-refractivity contribution in [1.82, 2.24) is 15.2 Å². The van der Waals surface area contributed by atoms with Crippen LogP contribution in [-0.4, -0.2) is 47.9 Å². The van der Waals surface area contributed by atoms with Crippen molar-refractivity contribution in [3.05, 3.63) is 36.0 Å². The number of benzene rings is 1. The highest BCUT2D eigenvalue weighted by atomic mass is 15.4. The quantitative estimate of drug-likeness (QED) is 0.824. The lowest BCUT2D eigenvalue weighted by Crippen LogP contribution is -2.47. The molecule has 1 aliphatic rings. The average molecular weight is 326 g/mol. The van der Waals surface area contributed by atoms with Crippen LogP contribution in [0.1, 0.15) is 25.3 Å². The van der Waals surface area contributed by atoms with Crippen LogP contribution in [0.15, 0.2) is 30.5 Å². The Morgan fingerprint density at radius 1 is 1.12 bits per heavy atom. The van der Waals surface area contributed by atoms with E-state index >= 15 is 0 Å². The summed E-state index contributed by atoms with van der Waals surface area (Å²) in [7, 11) is 0. The number of aryl methyl sites for hydroxylation is 1. The highest BCUT2D eigenvalue weighted by Gasteiger charge is 2.19. The Morgan fingerprint density at radius 3 is 2.67 bits per heavy atom. The van der Waals surface area contributed by atoms with Gasteiger partial charge in [-0.3, -0.25) is 0 Å². The van der Waals surface area contributed by atoms with Crippen molar-refractivity contribution >= 4 is 17.5 Å². The lowest BCUT2D eigenvalue weighted by molar-refractivity contribution is 0.635. The van der Waals surface area contributed by atoms with Crippen molar-refractivity contribution in [1.29, 1.82) is 0 Å². The van der Waals surface area contributed by atoms with E-state index in [4.69, 9.17) is 0 Å². The first-order valence-corrected chi connectivity index (χ1v) is 8.76. The van der Waals surface area contributed by atoms with Gasteiger partial charge < -0.3 is 15.1 Å². The smallest absolute Gasteiger partial charge is 0.247 e. The highest BCUT2D eigenvalue weighted by molar-refractivity contribution is 5.50. The van der Waals surface area contributed by atoms with E-state index in [0.29, 0.717) is 0 Å². The number of nitrogens with one attached hydrogen (secondary N) is 1. The van der Waals surface area contributed by atoms with Crippen LogP contribution in [0.2, 0.25) is 0 Å². The zero-order valence-electron chi connectivity index (χ0n) is 14.6. The van der Waals surface area contributed by atoms with Gasteiger partial charge in [-0.15, -0.1) is 5.10 Å². The Morgan fingerprint density at radius 2 is 1.92 bits per heavy atom. The van der Waals surface area contributed by atoms with Gasteiger partial charge in [0.2, 0.25) is 5.95 Å². The minimum atomic E-state index is 0.723. The number of hydrogen-bond donors (Lipinski definition) is 1. The fourth-order valence-electron chi connectivity index (χ4n) is 2.90. The molecule has 0 amide bonds. The molecule has 0 saturated carbocycles. The molecule has 0 atom stereocenters. The zero-order chi connectivity index (χ0) is 16.8. The Bertz CT molecular complexity index is 651. The highest BCUT2D eigenvalue weighted by Crippen LogP contribution is 2.19. The largest absolute Gasteiger partial charge is 0.369 e. The van der Waals surface area contributed by atoms with Crippen molar-refractivity contribution in [2.75, 3.05) is 47.8 Å². The Kier molecular flexibility index (Phi) is 5.46. The summed E-state index contributed by atoms with van der Waals surface area (Å²) >= 11 is 0. The molecule has 1 aromatic carbocycles. The first-order chi connectivity index (χ1) is 11.8. The maximum Gasteiger partial charge on any atom is 0.247 e. The van der Waals surface area contributed by atoms with Crippen LogP contribution < -0.4 is 15.1 Å². The summed E-state index contributed by atoms with van der Waals surface area (Å²) in [6.45, 7) is 9.01. The van der Waals surface area contributed by atoms with Gasteiger partial charge in [0.25, 0.3) is 0 Å². The molecule has 0 unspecified atom stereocenters. The standard InChI is InChI=1S/C18H26N6/c1-3-4-8-19-17-14-20-22-18(21-17)24-11-9-23(10-12-24)16-7-5-6-15(2)13-16/h5-7,13-14H,3-4,8-12H2,1-2H3,(H,19,21,22). The summed E-state index contributed by atoms with van der Waals surface area (Å²) in [6.07, 6.45) is 4.00. The van der Waals surface area contributed by atoms with Gasteiger partial charge in [0, 0.05) is 38.4 Å². The molecule has 1 aliphatic heterocycles. The molecule has 6 nitrogen and oxygen atoms in total. The summed E-state index contributed by atoms with van der Waals surface area (Å²) in [6, 6.07) is 8.68. The van der Waals surface area contributed by atoms with E-state index < -0.39 is 0 Å². The SMILES string of the molecule is CCCCNc1cnnc(N2CCN(c3cccc(C)c3)CC2)n1. The molecule has 1 N–H and O–H groups in total. The van der Waals surface area contributed by atoms with Crippen LogP contribution in [0, 0.1) is 6.92 Å². The molecule has 0 aliphatic carbocycles. The fraction of sp³-hybridized carbons (Fsp3) is 0.500. The van der Waals surface area contributed by atoms with Crippen molar-refractivity contribution < 1.29 is 0 Å². The second kappa shape index (κ2) is 7.95. The number of unbranched alkanes of at least 4 members (excludes halogenated alkanes) is 1. The van der Waals surface area contributed by atoms with E-state index in [1.54, 1.807) is 6.20 Å². The van der Waals surface area contributed by atoms with Gasteiger partial charge in [-0.25, -0.2) is 0 Å². The maximum absolute atomic E-state index is 4.60. The Hall–Kier alpha value is -2.37. The lowest BCUT2D eigenvalue weighted by Gasteiger charge is -2.36. The Labute approximate surface area is 143 Å². The molecular formula is C18H26N6. The maximum atomic E-state index is 4.60. The molecule has 2 heterocycles. The van der Waals surface area contributed by atoms with E-state index in [2.05, 4.69) is 68.4 Å². The molecule has 0 bridgehead atoms. The molecule has 0 spiro atoms. The van der Waals surface area contributed by atoms with Gasteiger partial charge in [0.05, 0.1) is 6.20 Å². The van der Waals surface area contributed by atoms with E-state index in [1.807, 2.05) is 0 Å². The molecular weight excluding hydrogens is 300 g/mol.